The molecule has 1 aliphatic heterocycles. The molecule has 2 aliphatic rings. The van der Waals surface area contributed by atoms with E-state index >= 15 is 0 Å². The fourth-order valence-corrected chi connectivity index (χ4v) is 5.42. The molecule has 0 spiro atoms. The van der Waals surface area contributed by atoms with E-state index in [9.17, 15) is 13.8 Å². The Hall–Kier alpha value is -1.73. The number of hydrogen-bond donors (Lipinski definition) is 2. The molecule has 1 amide bonds. The summed E-state index contributed by atoms with van der Waals surface area (Å²) in [5.41, 5.74) is 0.581. The summed E-state index contributed by atoms with van der Waals surface area (Å²) in [4.78, 5) is 24.9. The number of nitrogens with one attached hydrogen (secondary N) is 2. The molecule has 0 aromatic heterocycles. The van der Waals surface area contributed by atoms with Crippen molar-refractivity contribution in [3.05, 3.63) is 29.8 Å². The molecular weight excluding hydrogens is 376 g/mol. The van der Waals surface area contributed by atoms with E-state index in [-0.39, 0.29) is 23.8 Å². The molecule has 154 valence electrons. The minimum atomic E-state index is -1.02. The van der Waals surface area contributed by atoms with Gasteiger partial charge in [0.15, 0.2) is 0 Å². The molecule has 0 radical (unpaired) electrons. The molecule has 28 heavy (non-hydrogen) atoms. The Morgan fingerprint density at radius 2 is 1.71 bits per heavy atom. The van der Waals surface area contributed by atoms with Crippen LogP contribution in [0.15, 0.2) is 29.2 Å². The number of hydrogen-bond acceptors (Lipinski definition) is 5. The minimum Gasteiger partial charge on any atom is -0.469 e. The molecule has 1 unspecified atom stereocenters. The highest BCUT2D eigenvalue weighted by Crippen LogP contribution is 2.25. The molecule has 6 nitrogen and oxygen atoms in total. The number of carbonyl (C=O) groups is 2. The van der Waals surface area contributed by atoms with Crippen molar-refractivity contribution in [1.82, 2.24) is 10.6 Å². The number of benzene rings is 1. The first-order valence-electron chi connectivity index (χ1n) is 10.1. The molecule has 0 bridgehead atoms. The quantitative estimate of drug-likeness (QED) is 0.708. The molecule has 1 aromatic rings. The van der Waals surface area contributed by atoms with E-state index in [0.717, 1.165) is 56.5 Å². The predicted molar refractivity (Wildman–Crippen MR) is 109 cm³/mol. The van der Waals surface area contributed by atoms with Crippen LogP contribution in [0.2, 0.25) is 0 Å². The first kappa shape index (κ1) is 21.0. The maximum atomic E-state index is 12.6. The zero-order chi connectivity index (χ0) is 19.9. The summed E-state index contributed by atoms with van der Waals surface area (Å²) in [7, 11) is 0.394. The summed E-state index contributed by atoms with van der Waals surface area (Å²) in [6, 6.07) is 7.21. The highest BCUT2D eigenvalue weighted by atomic mass is 32.2. The van der Waals surface area contributed by atoms with Crippen LogP contribution in [0.5, 0.6) is 0 Å². The van der Waals surface area contributed by atoms with Gasteiger partial charge in [0.2, 0.25) is 0 Å². The SMILES string of the molecule is COC(=O)C1CCC(NC(=O)c2ccc(S(=O)CC3CCNCC3)cc2)CC1. The Labute approximate surface area is 169 Å². The van der Waals surface area contributed by atoms with Crippen molar-refractivity contribution in [3.8, 4) is 0 Å². The standard InChI is InChI=1S/C21H30N2O4S/c1-27-21(25)17-2-6-18(7-3-17)23-20(24)16-4-8-19(9-5-16)28(26)14-15-10-12-22-13-11-15/h4-5,8-9,15,17-18,22H,2-3,6-7,10-14H2,1H3,(H,23,24). The van der Waals surface area contributed by atoms with Gasteiger partial charge in [-0.1, -0.05) is 0 Å². The number of amides is 1. The zero-order valence-electron chi connectivity index (χ0n) is 16.4. The smallest absolute Gasteiger partial charge is 0.308 e. The van der Waals surface area contributed by atoms with E-state index < -0.39 is 10.8 Å². The third-order valence-electron chi connectivity index (χ3n) is 5.82. The Bertz CT molecular complexity index is 693. The van der Waals surface area contributed by atoms with Gasteiger partial charge in [0, 0.05) is 22.3 Å². The van der Waals surface area contributed by atoms with Gasteiger partial charge in [-0.25, -0.2) is 0 Å². The van der Waals surface area contributed by atoms with Crippen molar-refractivity contribution in [1.29, 1.82) is 0 Å². The van der Waals surface area contributed by atoms with E-state index in [1.54, 1.807) is 24.3 Å². The highest BCUT2D eigenvalue weighted by Gasteiger charge is 2.27. The Morgan fingerprint density at radius 3 is 2.32 bits per heavy atom. The molecule has 7 heteroatoms. The number of ether oxygens (including phenoxy) is 1. The lowest BCUT2D eigenvalue weighted by Gasteiger charge is -2.27. The first-order valence-corrected chi connectivity index (χ1v) is 11.5. The summed E-state index contributed by atoms with van der Waals surface area (Å²) in [5.74, 6) is 0.879. The van der Waals surface area contributed by atoms with Gasteiger partial charge >= 0.3 is 5.97 Å². The fraction of sp³-hybridized carbons (Fsp3) is 0.619. The molecule has 1 saturated heterocycles. The second-order valence-electron chi connectivity index (χ2n) is 7.78. The van der Waals surface area contributed by atoms with E-state index in [1.807, 2.05) is 0 Å². The maximum absolute atomic E-state index is 12.6. The minimum absolute atomic E-state index is 0.0487. The summed E-state index contributed by atoms with van der Waals surface area (Å²) >= 11 is 0. The van der Waals surface area contributed by atoms with Crippen LogP contribution in [0.3, 0.4) is 0 Å². The van der Waals surface area contributed by atoms with Crippen molar-refractivity contribution in [3.63, 3.8) is 0 Å². The van der Waals surface area contributed by atoms with Gasteiger partial charge in [0.05, 0.1) is 23.8 Å². The number of methoxy groups -OCH3 is 1. The van der Waals surface area contributed by atoms with Gasteiger partial charge in [0.1, 0.15) is 0 Å². The van der Waals surface area contributed by atoms with Crippen LogP contribution in [-0.2, 0) is 20.3 Å². The first-order chi connectivity index (χ1) is 13.6. The molecule has 2 N–H and O–H groups in total. The largest absolute Gasteiger partial charge is 0.469 e. The van der Waals surface area contributed by atoms with E-state index in [1.165, 1.54) is 7.11 Å². The lowest BCUT2D eigenvalue weighted by Crippen LogP contribution is -2.38. The normalized spacial score (nSPS) is 24.3. The van der Waals surface area contributed by atoms with Crippen molar-refractivity contribution in [2.75, 3.05) is 26.0 Å². The van der Waals surface area contributed by atoms with Crippen molar-refractivity contribution in [2.24, 2.45) is 11.8 Å². The van der Waals surface area contributed by atoms with Crippen molar-refractivity contribution in [2.45, 2.75) is 49.5 Å². The molecule has 1 atom stereocenters. The van der Waals surface area contributed by atoms with Crippen LogP contribution in [0.4, 0.5) is 0 Å². The third kappa shape index (κ3) is 5.64. The maximum Gasteiger partial charge on any atom is 0.308 e. The number of esters is 1. The van der Waals surface area contributed by atoms with E-state index in [0.29, 0.717) is 17.2 Å². The van der Waals surface area contributed by atoms with Crippen LogP contribution in [0.1, 0.15) is 48.9 Å². The van der Waals surface area contributed by atoms with Crippen LogP contribution < -0.4 is 10.6 Å². The molecule has 1 aromatic carbocycles. The van der Waals surface area contributed by atoms with Gasteiger partial charge in [-0.05, 0) is 81.8 Å². The van der Waals surface area contributed by atoms with Crippen LogP contribution in [-0.4, -0.2) is 48.1 Å². The highest BCUT2D eigenvalue weighted by molar-refractivity contribution is 7.85. The molecule has 2 fully saturated rings. The average Bonchev–Trinajstić information content (AvgIpc) is 2.74. The second kappa shape index (κ2) is 10.2. The summed E-state index contributed by atoms with van der Waals surface area (Å²) in [6.07, 6.45) is 5.20. The molecule has 1 aliphatic carbocycles. The topological polar surface area (TPSA) is 84.5 Å². The fourth-order valence-electron chi connectivity index (χ4n) is 4.03. The monoisotopic (exact) mass is 406 g/mol. The lowest BCUT2D eigenvalue weighted by molar-refractivity contribution is -0.146. The van der Waals surface area contributed by atoms with Gasteiger partial charge in [-0.3, -0.25) is 13.8 Å². The predicted octanol–water partition coefficient (Wildman–Crippen LogP) is 2.26. The van der Waals surface area contributed by atoms with Crippen molar-refractivity contribution >= 4 is 22.7 Å². The Morgan fingerprint density at radius 1 is 1.07 bits per heavy atom. The molecule has 1 saturated carbocycles. The van der Waals surface area contributed by atoms with E-state index in [2.05, 4.69) is 10.6 Å². The summed E-state index contributed by atoms with van der Waals surface area (Å²) in [5, 5.41) is 6.38. The number of carbonyl (C=O) groups excluding carboxylic acids is 2. The second-order valence-corrected chi connectivity index (χ2v) is 9.27. The van der Waals surface area contributed by atoms with Gasteiger partial charge in [-0.15, -0.1) is 0 Å². The van der Waals surface area contributed by atoms with Crippen LogP contribution in [0, 0.1) is 11.8 Å². The zero-order valence-corrected chi connectivity index (χ0v) is 17.3. The Kier molecular flexibility index (Phi) is 7.62. The summed E-state index contributed by atoms with van der Waals surface area (Å²) < 4.78 is 17.4. The van der Waals surface area contributed by atoms with Gasteiger partial charge < -0.3 is 15.4 Å². The number of rotatable bonds is 6. The lowest BCUT2D eigenvalue weighted by atomic mass is 9.86. The van der Waals surface area contributed by atoms with Crippen LogP contribution >= 0.6 is 0 Å². The van der Waals surface area contributed by atoms with Gasteiger partial charge in [0.25, 0.3) is 5.91 Å². The third-order valence-corrected chi connectivity index (χ3v) is 7.39. The van der Waals surface area contributed by atoms with Crippen LogP contribution in [0.25, 0.3) is 0 Å². The number of piperidine rings is 1. The average molecular weight is 407 g/mol. The molecular formula is C21H30N2O4S. The Balaban J connectivity index is 1.48. The van der Waals surface area contributed by atoms with Gasteiger partial charge in [-0.2, -0.15) is 0 Å². The van der Waals surface area contributed by atoms with Crippen molar-refractivity contribution < 1.29 is 18.5 Å². The summed E-state index contributed by atoms with van der Waals surface area (Å²) in [6.45, 7) is 2.00. The molecule has 3 rings (SSSR count). The van der Waals surface area contributed by atoms with E-state index in [4.69, 9.17) is 4.74 Å². The molecule has 1 heterocycles.